The lowest BCUT2D eigenvalue weighted by atomic mass is 9.96. The van der Waals surface area contributed by atoms with Gasteiger partial charge in [0.15, 0.2) is 0 Å². The fourth-order valence-corrected chi connectivity index (χ4v) is 2.71. The molecule has 2 rings (SSSR count). The Morgan fingerprint density at radius 3 is 2.18 bits per heavy atom. The fourth-order valence-electron chi connectivity index (χ4n) is 2.71. The van der Waals surface area contributed by atoms with Crippen LogP contribution in [0.4, 0.5) is 5.69 Å². The average Bonchev–Trinajstić information content (AvgIpc) is 2.29. The van der Waals surface area contributed by atoms with Gasteiger partial charge in [0.05, 0.1) is 5.56 Å². The van der Waals surface area contributed by atoms with Crippen molar-refractivity contribution in [2.45, 2.75) is 45.2 Å². The zero-order chi connectivity index (χ0) is 12.4. The fraction of sp³-hybridized carbons (Fsp3) is 0.500. The topological polar surface area (TPSA) is 40.5 Å². The van der Waals surface area contributed by atoms with Crippen molar-refractivity contribution in [1.82, 2.24) is 0 Å². The van der Waals surface area contributed by atoms with Crippen LogP contribution in [0.3, 0.4) is 0 Å². The number of carboxylic acid groups (broad SMARTS) is 1. The predicted molar refractivity (Wildman–Crippen MR) is 68.7 cm³/mol. The van der Waals surface area contributed by atoms with Crippen LogP contribution in [0.5, 0.6) is 0 Å². The normalized spacial score (nSPS) is 24.7. The van der Waals surface area contributed by atoms with Crippen molar-refractivity contribution < 1.29 is 9.90 Å². The molecule has 0 spiro atoms. The van der Waals surface area contributed by atoms with Crippen LogP contribution in [0.25, 0.3) is 0 Å². The third-order valence-electron chi connectivity index (χ3n) is 3.61. The van der Waals surface area contributed by atoms with Crippen molar-refractivity contribution in [3.8, 4) is 0 Å². The second kappa shape index (κ2) is 4.78. The highest BCUT2D eigenvalue weighted by molar-refractivity contribution is 5.88. The first-order chi connectivity index (χ1) is 8.09. The molecule has 0 saturated carbocycles. The number of hydrogen-bond acceptors (Lipinski definition) is 2. The standard InChI is InChI=1S/C14H19NO2/c1-10-4-3-5-11(2)15(10)13-8-6-12(7-9-13)14(16)17/h6-11H,3-5H2,1-2H3,(H,16,17)/t10-,11-/m0/s1. The summed E-state index contributed by atoms with van der Waals surface area (Å²) in [6, 6.07) is 8.28. The Morgan fingerprint density at radius 2 is 1.71 bits per heavy atom. The molecule has 2 atom stereocenters. The van der Waals surface area contributed by atoms with Crippen LogP contribution in [-0.4, -0.2) is 23.2 Å². The quantitative estimate of drug-likeness (QED) is 0.853. The molecule has 1 fully saturated rings. The van der Waals surface area contributed by atoms with Gasteiger partial charge in [-0.25, -0.2) is 4.79 Å². The molecule has 3 heteroatoms. The lowest BCUT2D eigenvalue weighted by Gasteiger charge is -2.41. The molecule has 1 heterocycles. The Hall–Kier alpha value is -1.51. The summed E-state index contributed by atoms with van der Waals surface area (Å²) in [7, 11) is 0. The minimum Gasteiger partial charge on any atom is -0.478 e. The van der Waals surface area contributed by atoms with Gasteiger partial charge in [-0.1, -0.05) is 0 Å². The van der Waals surface area contributed by atoms with Crippen molar-refractivity contribution in [1.29, 1.82) is 0 Å². The molecule has 1 aliphatic heterocycles. The number of aromatic carboxylic acids is 1. The molecule has 3 nitrogen and oxygen atoms in total. The van der Waals surface area contributed by atoms with Crippen molar-refractivity contribution >= 4 is 11.7 Å². The lowest BCUT2D eigenvalue weighted by molar-refractivity contribution is 0.0697. The Labute approximate surface area is 102 Å². The number of carboxylic acids is 1. The molecule has 1 saturated heterocycles. The summed E-state index contributed by atoms with van der Waals surface area (Å²) in [6.45, 7) is 4.47. The van der Waals surface area contributed by atoms with Crippen molar-refractivity contribution in [2.75, 3.05) is 4.90 Å². The molecular formula is C14H19NO2. The highest BCUT2D eigenvalue weighted by Gasteiger charge is 2.24. The van der Waals surface area contributed by atoms with Crippen LogP contribution in [0, 0.1) is 0 Å². The SMILES string of the molecule is C[C@H]1CCC[C@H](C)N1c1ccc(C(=O)O)cc1. The second-order valence-electron chi connectivity index (χ2n) is 4.89. The van der Waals surface area contributed by atoms with Gasteiger partial charge in [0, 0.05) is 17.8 Å². The number of hydrogen-bond donors (Lipinski definition) is 1. The molecule has 0 aliphatic carbocycles. The van der Waals surface area contributed by atoms with Crippen molar-refractivity contribution in [3.05, 3.63) is 29.8 Å². The number of nitrogens with zero attached hydrogens (tertiary/aromatic N) is 1. The number of carbonyl (C=O) groups is 1. The van der Waals surface area contributed by atoms with Gasteiger partial charge in [0.2, 0.25) is 0 Å². The minimum absolute atomic E-state index is 0.353. The molecule has 0 unspecified atom stereocenters. The molecule has 0 bridgehead atoms. The summed E-state index contributed by atoms with van der Waals surface area (Å²) in [5.74, 6) is -0.865. The number of anilines is 1. The van der Waals surface area contributed by atoms with E-state index in [0.29, 0.717) is 17.6 Å². The van der Waals surface area contributed by atoms with Crippen LogP contribution in [0.15, 0.2) is 24.3 Å². The average molecular weight is 233 g/mol. The summed E-state index contributed by atoms with van der Waals surface area (Å²) in [6.07, 6.45) is 3.71. The van der Waals surface area contributed by atoms with E-state index in [1.54, 1.807) is 12.1 Å². The van der Waals surface area contributed by atoms with Crippen LogP contribution in [0.1, 0.15) is 43.5 Å². The highest BCUT2D eigenvalue weighted by atomic mass is 16.4. The first kappa shape index (κ1) is 12.0. The minimum atomic E-state index is -0.865. The van der Waals surface area contributed by atoms with Gasteiger partial charge in [0.25, 0.3) is 0 Å². The van der Waals surface area contributed by atoms with E-state index in [9.17, 15) is 4.79 Å². The third-order valence-corrected chi connectivity index (χ3v) is 3.61. The van der Waals surface area contributed by atoms with Gasteiger partial charge in [0.1, 0.15) is 0 Å². The van der Waals surface area contributed by atoms with E-state index in [4.69, 9.17) is 5.11 Å². The van der Waals surface area contributed by atoms with Gasteiger partial charge in [-0.15, -0.1) is 0 Å². The molecule has 17 heavy (non-hydrogen) atoms. The zero-order valence-corrected chi connectivity index (χ0v) is 10.4. The smallest absolute Gasteiger partial charge is 0.335 e. The second-order valence-corrected chi connectivity index (χ2v) is 4.89. The van der Waals surface area contributed by atoms with E-state index in [1.165, 1.54) is 19.3 Å². The largest absolute Gasteiger partial charge is 0.478 e. The van der Waals surface area contributed by atoms with Crippen LogP contribution in [-0.2, 0) is 0 Å². The van der Waals surface area contributed by atoms with E-state index in [2.05, 4.69) is 18.7 Å². The summed E-state index contributed by atoms with van der Waals surface area (Å²) in [5, 5.41) is 8.88. The third kappa shape index (κ3) is 2.43. The number of piperidine rings is 1. The molecule has 1 aliphatic rings. The molecule has 0 amide bonds. The van der Waals surface area contributed by atoms with Crippen LogP contribution in [0.2, 0.25) is 0 Å². The summed E-state index contributed by atoms with van der Waals surface area (Å²) in [4.78, 5) is 13.2. The maximum Gasteiger partial charge on any atom is 0.335 e. The van der Waals surface area contributed by atoms with Crippen LogP contribution >= 0.6 is 0 Å². The molecule has 0 aromatic heterocycles. The molecule has 1 N–H and O–H groups in total. The Morgan fingerprint density at radius 1 is 1.18 bits per heavy atom. The molecule has 0 radical (unpaired) electrons. The van der Waals surface area contributed by atoms with Crippen molar-refractivity contribution in [2.24, 2.45) is 0 Å². The van der Waals surface area contributed by atoms with Gasteiger partial charge in [-0.2, -0.15) is 0 Å². The van der Waals surface area contributed by atoms with Gasteiger partial charge >= 0.3 is 5.97 Å². The van der Waals surface area contributed by atoms with Crippen molar-refractivity contribution in [3.63, 3.8) is 0 Å². The lowest BCUT2D eigenvalue weighted by Crippen LogP contribution is -2.43. The van der Waals surface area contributed by atoms with E-state index in [1.807, 2.05) is 12.1 Å². The van der Waals surface area contributed by atoms with E-state index < -0.39 is 5.97 Å². The predicted octanol–water partition coefficient (Wildman–Crippen LogP) is 3.15. The van der Waals surface area contributed by atoms with Crippen LogP contribution < -0.4 is 4.90 Å². The first-order valence-electron chi connectivity index (χ1n) is 6.21. The van der Waals surface area contributed by atoms with Gasteiger partial charge in [-0.3, -0.25) is 0 Å². The highest BCUT2D eigenvalue weighted by Crippen LogP contribution is 2.29. The number of benzene rings is 1. The van der Waals surface area contributed by atoms with E-state index in [0.717, 1.165) is 5.69 Å². The molecule has 92 valence electrons. The summed E-state index contributed by atoms with van der Waals surface area (Å²) < 4.78 is 0. The molecule has 1 aromatic rings. The zero-order valence-electron chi connectivity index (χ0n) is 10.4. The Balaban J connectivity index is 2.23. The van der Waals surface area contributed by atoms with Gasteiger partial charge in [-0.05, 0) is 57.4 Å². The van der Waals surface area contributed by atoms with E-state index >= 15 is 0 Å². The maximum atomic E-state index is 10.8. The van der Waals surface area contributed by atoms with Gasteiger partial charge < -0.3 is 10.0 Å². The molecular weight excluding hydrogens is 214 g/mol. The Kier molecular flexibility index (Phi) is 3.36. The maximum absolute atomic E-state index is 10.8. The monoisotopic (exact) mass is 233 g/mol. The van der Waals surface area contributed by atoms with E-state index in [-0.39, 0.29) is 0 Å². The first-order valence-corrected chi connectivity index (χ1v) is 6.21. The summed E-state index contributed by atoms with van der Waals surface area (Å²) >= 11 is 0. The molecule has 1 aromatic carbocycles. The summed E-state index contributed by atoms with van der Waals surface area (Å²) in [5.41, 5.74) is 1.49. The Bertz CT molecular complexity index is 389. The number of rotatable bonds is 2.